The number of nitrogens with zero attached hydrogens (tertiary/aromatic N) is 1. The van der Waals surface area contributed by atoms with Crippen molar-refractivity contribution in [1.82, 2.24) is 4.98 Å². The zero-order valence-electron chi connectivity index (χ0n) is 15.8. The van der Waals surface area contributed by atoms with Crippen molar-refractivity contribution in [3.63, 3.8) is 0 Å². The molecule has 1 heterocycles. The summed E-state index contributed by atoms with van der Waals surface area (Å²) in [4.78, 5) is 18.4. The molecule has 2 aromatic carbocycles. The molecule has 0 bridgehead atoms. The van der Waals surface area contributed by atoms with Crippen LogP contribution in [0.25, 0.3) is 0 Å². The van der Waals surface area contributed by atoms with Gasteiger partial charge >= 0.3 is 0 Å². The number of carbonyl (C=O) groups excluding carboxylic acids is 1. The van der Waals surface area contributed by atoms with Crippen LogP contribution in [0.2, 0.25) is 0 Å². The van der Waals surface area contributed by atoms with E-state index in [4.69, 9.17) is 0 Å². The average Bonchev–Trinajstić information content (AvgIpc) is 2.64. The number of benzene rings is 2. The monoisotopic (exact) mass is 412 g/mol. The van der Waals surface area contributed by atoms with Crippen LogP contribution in [0.1, 0.15) is 21.5 Å². The van der Waals surface area contributed by atoms with E-state index in [1.807, 2.05) is 26.0 Å². The fourth-order valence-electron chi connectivity index (χ4n) is 2.67. The van der Waals surface area contributed by atoms with Crippen LogP contribution in [0.5, 0.6) is 0 Å². The van der Waals surface area contributed by atoms with Gasteiger partial charge in [0.1, 0.15) is 5.03 Å². The maximum atomic E-state index is 12.8. The first-order valence-corrected chi connectivity index (χ1v) is 11.3. The first-order chi connectivity index (χ1) is 13.2. The van der Waals surface area contributed by atoms with Gasteiger partial charge < -0.3 is 5.32 Å². The molecule has 0 aliphatic rings. The normalized spacial score (nSPS) is 11.2. The molecule has 1 aromatic heterocycles. The van der Waals surface area contributed by atoms with Crippen LogP contribution < -0.4 is 5.32 Å². The summed E-state index contributed by atoms with van der Waals surface area (Å²) >= 11 is 1.43. The first-order valence-electron chi connectivity index (χ1n) is 8.55. The second-order valence-corrected chi connectivity index (χ2v) is 9.53. The van der Waals surface area contributed by atoms with Gasteiger partial charge in [0.25, 0.3) is 5.91 Å². The Hall–Kier alpha value is -2.64. The second kappa shape index (κ2) is 8.16. The fraction of sp³-hybridized carbons (Fsp3) is 0.143. The molecule has 1 N–H and O–H groups in total. The van der Waals surface area contributed by atoms with E-state index in [0.717, 1.165) is 16.7 Å². The zero-order chi connectivity index (χ0) is 20.3. The third-order valence-electron chi connectivity index (χ3n) is 4.07. The highest BCUT2D eigenvalue weighted by Gasteiger charge is 2.15. The van der Waals surface area contributed by atoms with Crippen LogP contribution in [0.4, 0.5) is 5.69 Å². The molecule has 28 heavy (non-hydrogen) atoms. The Balaban J connectivity index is 1.87. The topological polar surface area (TPSA) is 76.1 Å². The fourth-order valence-corrected chi connectivity index (χ4v) is 4.28. The minimum absolute atomic E-state index is 0.154. The summed E-state index contributed by atoms with van der Waals surface area (Å²) in [6.07, 6.45) is 2.78. The summed E-state index contributed by atoms with van der Waals surface area (Å²) < 4.78 is 23.5. The van der Waals surface area contributed by atoms with Crippen LogP contribution in [0.3, 0.4) is 0 Å². The number of carbonyl (C=O) groups is 1. The van der Waals surface area contributed by atoms with E-state index in [1.54, 1.807) is 30.5 Å². The Morgan fingerprint density at radius 2 is 1.82 bits per heavy atom. The third-order valence-corrected chi connectivity index (χ3v) is 6.38. The Morgan fingerprint density at radius 3 is 2.54 bits per heavy atom. The maximum Gasteiger partial charge on any atom is 0.258 e. The van der Waals surface area contributed by atoms with E-state index < -0.39 is 9.84 Å². The van der Waals surface area contributed by atoms with Gasteiger partial charge in [-0.15, -0.1) is 0 Å². The molecular weight excluding hydrogens is 392 g/mol. The number of aryl methyl sites for hydroxylation is 2. The molecule has 0 aliphatic carbocycles. The molecule has 0 radical (unpaired) electrons. The molecule has 0 saturated heterocycles. The van der Waals surface area contributed by atoms with Crippen LogP contribution in [0, 0.1) is 13.8 Å². The Bertz CT molecular complexity index is 1140. The van der Waals surface area contributed by atoms with Crippen molar-refractivity contribution in [2.45, 2.75) is 28.7 Å². The molecule has 144 valence electrons. The highest BCUT2D eigenvalue weighted by molar-refractivity contribution is 7.99. The number of hydrogen-bond acceptors (Lipinski definition) is 5. The van der Waals surface area contributed by atoms with Crippen LogP contribution in [-0.2, 0) is 9.84 Å². The average molecular weight is 413 g/mol. The lowest BCUT2D eigenvalue weighted by molar-refractivity contribution is 0.102. The maximum absolute atomic E-state index is 12.8. The zero-order valence-corrected chi connectivity index (χ0v) is 17.4. The summed E-state index contributed by atoms with van der Waals surface area (Å²) in [5.74, 6) is -0.342. The van der Waals surface area contributed by atoms with E-state index in [1.165, 1.54) is 29.5 Å². The smallest absolute Gasteiger partial charge is 0.258 e. The van der Waals surface area contributed by atoms with Gasteiger partial charge in [-0.2, -0.15) is 0 Å². The molecular formula is C21H20N2O3S2. The second-order valence-electron chi connectivity index (χ2n) is 6.48. The quantitative estimate of drug-likeness (QED) is 0.667. The minimum atomic E-state index is -3.35. The molecule has 0 atom stereocenters. The molecule has 3 rings (SSSR count). The van der Waals surface area contributed by atoms with Crippen LogP contribution in [-0.4, -0.2) is 25.6 Å². The van der Waals surface area contributed by atoms with Crippen molar-refractivity contribution < 1.29 is 13.2 Å². The van der Waals surface area contributed by atoms with Gasteiger partial charge in [-0.1, -0.05) is 35.5 Å². The molecule has 5 nitrogen and oxygen atoms in total. The van der Waals surface area contributed by atoms with Crippen LogP contribution >= 0.6 is 11.8 Å². The predicted molar refractivity (Wildman–Crippen MR) is 112 cm³/mol. The third kappa shape index (κ3) is 4.79. The van der Waals surface area contributed by atoms with E-state index in [-0.39, 0.29) is 10.8 Å². The highest BCUT2D eigenvalue weighted by Crippen LogP contribution is 2.32. The lowest BCUT2D eigenvalue weighted by Gasteiger charge is -2.11. The summed E-state index contributed by atoms with van der Waals surface area (Å²) in [6.45, 7) is 4.06. The molecule has 7 heteroatoms. The summed E-state index contributed by atoms with van der Waals surface area (Å²) in [5.41, 5.74) is 3.13. The molecule has 1 amide bonds. The van der Waals surface area contributed by atoms with Gasteiger partial charge in [0, 0.05) is 23.0 Å². The Kier molecular flexibility index (Phi) is 5.86. The molecule has 0 spiro atoms. The van der Waals surface area contributed by atoms with Crippen LogP contribution in [0.15, 0.2) is 75.6 Å². The molecule has 0 unspecified atom stereocenters. The number of anilines is 1. The first kappa shape index (κ1) is 20.1. The summed E-state index contributed by atoms with van der Waals surface area (Å²) in [6, 6.07) is 15.7. The van der Waals surface area contributed by atoms with Gasteiger partial charge in [0.05, 0.1) is 10.5 Å². The highest BCUT2D eigenvalue weighted by atomic mass is 32.2. The number of sulfone groups is 1. The Labute approximate surface area is 169 Å². The molecule has 3 aromatic rings. The Morgan fingerprint density at radius 1 is 1.04 bits per heavy atom. The van der Waals surface area contributed by atoms with Crippen molar-refractivity contribution in [3.8, 4) is 0 Å². The van der Waals surface area contributed by atoms with Gasteiger partial charge in [-0.25, -0.2) is 13.4 Å². The van der Waals surface area contributed by atoms with Crippen molar-refractivity contribution in [1.29, 1.82) is 0 Å². The number of hydrogen-bond donors (Lipinski definition) is 1. The van der Waals surface area contributed by atoms with Gasteiger partial charge in [-0.05, 0) is 55.8 Å². The molecule has 0 aliphatic heterocycles. The van der Waals surface area contributed by atoms with E-state index in [2.05, 4.69) is 16.4 Å². The van der Waals surface area contributed by atoms with E-state index in [0.29, 0.717) is 16.3 Å². The number of rotatable bonds is 5. The van der Waals surface area contributed by atoms with Crippen molar-refractivity contribution in [3.05, 3.63) is 77.5 Å². The number of nitrogens with one attached hydrogen (secondary N) is 1. The summed E-state index contributed by atoms with van der Waals surface area (Å²) in [5, 5.41) is 3.35. The van der Waals surface area contributed by atoms with Gasteiger partial charge in [0.15, 0.2) is 9.84 Å². The largest absolute Gasteiger partial charge is 0.322 e. The van der Waals surface area contributed by atoms with E-state index >= 15 is 0 Å². The van der Waals surface area contributed by atoms with Gasteiger partial charge in [-0.3, -0.25) is 4.79 Å². The van der Waals surface area contributed by atoms with Crippen molar-refractivity contribution >= 4 is 33.2 Å². The number of aromatic nitrogens is 1. The number of amides is 1. The predicted octanol–water partition coefficient (Wildman–Crippen LogP) is 4.51. The molecule has 0 saturated carbocycles. The summed E-state index contributed by atoms with van der Waals surface area (Å²) in [7, 11) is -3.35. The lowest BCUT2D eigenvalue weighted by atomic mass is 10.2. The molecule has 0 fully saturated rings. The van der Waals surface area contributed by atoms with Crippen molar-refractivity contribution in [2.24, 2.45) is 0 Å². The van der Waals surface area contributed by atoms with Crippen molar-refractivity contribution in [2.75, 3.05) is 11.6 Å². The lowest BCUT2D eigenvalue weighted by Crippen LogP contribution is -2.14. The minimum Gasteiger partial charge on any atom is -0.322 e. The number of pyridine rings is 1. The SMILES string of the molecule is Cc1ccc(Sc2ncccc2C(=O)Nc2cccc(S(C)(=O)=O)c2)c(C)c1. The van der Waals surface area contributed by atoms with Gasteiger partial charge in [0.2, 0.25) is 0 Å². The standard InChI is InChI=1S/C21H20N2O3S2/c1-14-9-10-19(15(2)12-14)27-21-18(8-5-11-22-21)20(24)23-16-6-4-7-17(13-16)28(3,25)26/h4-13H,1-3H3,(H,23,24). The van der Waals surface area contributed by atoms with E-state index in [9.17, 15) is 13.2 Å².